The molecule has 1 fully saturated rings. The summed E-state index contributed by atoms with van der Waals surface area (Å²) in [6, 6.07) is 7.23. The van der Waals surface area contributed by atoms with Gasteiger partial charge in [-0.15, -0.1) is 0 Å². The van der Waals surface area contributed by atoms with Gasteiger partial charge < -0.3 is 5.32 Å². The number of aryl methyl sites for hydroxylation is 2. The summed E-state index contributed by atoms with van der Waals surface area (Å²) in [6.45, 7) is 4.51. The Hall–Kier alpha value is -0.820. The standard InChI is InChI=1S/C17H27N/c1-13-9-8-10-14(2)16(13)17(18-3)15-11-6-4-5-7-12-15/h8-10,15,17-18H,4-7,11-12H2,1-3H3. The van der Waals surface area contributed by atoms with Crippen LogP contribution in [0.4, 0.5) is 0 Å². The zero-order valence-electron chi connectivity index (χ0n) is 12.1. The lowest BCUT2D eigenvalue weighted by molar-refractivity contribution is 0.339. The molecule has 1 aromatic rings. The Morgan fingerprint density at radius 1 is 1.00 bits per heavy atom. The normalized spacial score (nSPS) is 19.5. The van der Waals surface area contributed by atoms with E-state index in [0.717, 1.165) is 5.92 Å². The molecule has 18 heavy (non-hydrogen) atoms. The third-order valence-electron chi connectivity index (χ3n) is 4.54. The van der Waals surface area contributed by atoms with E-state index in [4.69, 9.17) is 0 Å². The van der Waals surface area contributed by atoms with E-state index in [1.54, 1.807) is 5.56 Å². The van der Waals surface area contributed by atoms with Crippen molar-refractivity contribution >= 4 is 0 Å². The maximum Gasteiger partial charge on any atom is 0.0351 e. The molecule has 1 aliphatic rings. The van der Waals surface area contributed by atoms with E-state index in [9.17, 15) is 0 Å². The number of hydrogen-bond acceptors (Lipinski definition) is 1. The summed E-state index contributed by atoms with van der Waals surface area (Å²) in [4.78, 5) is 0. The van der Waals surface area contributed by atoms with E-state index in [1.807, 2.05) is 0 Å². The lowest BCUT2D eigenvalue weighted by atomic mass is 9.83. The summed E-state index contributed by atoms with van der Waals surface area (Å²) < 4.78 is 0. The van der Waals surface area contributed by atoms with Gasteiger partial charge in [0.15, 0.2) is 0 Å². The fourth-order valence-electron chi connectivity index (χ4n) is 3.58. The monoisotopic (exact) mass is 245 g/mol. The van der Waals surface area contributed by atoms with Gasteiger partial charge in [0.05, 0.1) is 0 Å². The topological polar surface area (TPSA) is 12.0 Å². The van der Waals surface area contributed by atoms with Gasteiger partial charge in [0.25, 0.3) is 0 Å². The fraction of sp³-hybridized carbons (Fsp3) is 0.647. The molecule has 0 bridgehead atoms. The zero-order chi connectivity index (χ0) is 13.0. The molecule has 0 saturated heterocycles. The summed E-state index contributed by atoms with van der Waals surface area (Å²) >= 11 is 0. The first kappa shape index (κ1) is 13.6. The highest BCUT2D eigenvalue weighted by molar-refractivity contribution is 5.36. The van der Waals surface area contributed by atoms with Gasteiger partial charge >= 0.3 is 0 Å². The second-order valence-corrected chi connectivity index (χ2v) is 5.82. The molecule has 100 valence electrons. The molecule has 1 N–H and O–H groups in total. The Morgan fingerprint density at radius 2 is 1.56 bits per heavy atom. The van der Waals surface area contributed by atoms with E-state index in [2.05, 4.69) is 44.4 Å². The van der Waals surface area contributed by atoms with Crippen molar-refractivity contribution in [1.29, 1.82) is 0 Å². The minimum Gasteiger partial charge on any atom is -0.313 e. The van der Waals surface area contributed by atoms with Gasteiger partial charge in [-0.25, -0.2) is 0 Å². The van der Waals surface area contributed by atoms with Gasteiger partial charge in [-0.3, -0.25) is 0 Å². The van der Waals surface area contributed by atoms with Crippen LogP contribution in [0.1, 0.15) is 61.3 Å². The highest BCUT2D eigenvalue weighted by Gasteiger charge is 2.24. The first-order chi connectivity index (χ1) is 8.74. The van der Waals surface area contributed by atoms with Crippen LogP contribution in [0.5, 0.6) is 0 Å². The number of benzene rings is 1. The molecule has 1 unspecified atom stereocenters. The second kappa shape index (κ2) is 6.38. The van der Waals surface area contributed by atoms with Crippen molar-refractivity contribution in [1.82, 2.24) is 5.32 Å². The average molecular weight is 245 g/mol. The molecule has 2 rings (SSSR count). The van der Waals surface area contributed by atoms with Crippen LogP contribution in [0.25, 0.3) is 0 Å². The Balaban J connectivity index is 2.26. The molecule has 1 saturated carbocycles. The third kappa shape index (κ3) is 2.95. The highest BCUT2D eigenvalue weighted by Crippen LogP contribution is 2.35. The van der Waals surface area contributed by atoms with Gasteiger partial charge in [-0.1, -0.05) is 43.9 Å². The van der Waals surface area contributed by atoms with Crippen LogP contribution in [0.2, 0.25) is 0 Å². The predicted octanol–water partition coefficient (Wildman–Crippen LogP) is 4.53. The van der Waals surface area contributed by atoms with Gasteiger partial charge in [-0.2, -0.15) is 0 Å². The summed E-state index contributed by atoms with van der Waals surface area (Å²) in [5.74, 6) is 0.817. The van der Waals surface area contributed by atoms with Gasteiger partial charge in [0.2, 0.25) is 0 Å². The van der Waals surface area contributed by atoms with E-state index in [1.165, 1.54) is 49.7 Å². The molecule has 1 atom stereocenters. The molecule has 0 heterocycles. The van der Waals surface area contributed by atoms with Crippen LogP contribution < -0.4 is 5.32 Å². The summed E-state index contributed by atoms with van der Waals surface area (Å²) in [5.41, 5.74) is 4.43. The fourth-order valence-corrected chi connectivity index (χ4v) is 3.58. The summed E-state index contributed by atoms with van der Waals surface area (Å²) in [6.07, 6.45) is 8.46. The summed E-state index contributed by atoms with van der Waals surface area (Å²) in [5, 5.41) is 3.60. The second-order valence-electron chi connectivity index (χ2n) is 5.82. The molecule has 0 aromatic heterocycles. The molecular formula is C17H27N. The molecule has 0 amide bonds. The Bertz CT molecular complexity index is 355. The van der Waals surface area contributed by atoms with Crippen LogP contribution in [0.15, 0.2) is 18.2 Å². The van der Waals surface area contributed by atoms with Crippen LogP contribution in [0, 0.1) is 19.8 Å². The average Bonchev–Trinajstić information content (AvgIpc) is 2.63. The third-order valence-corrected chi connectivity index (χ3v) is 4.54. The molecule has 0 spiro atoms. The number of rotatable bonds is 3. The number of hydrogen-bond donors (Lipinski definition) is 1. The van der Waals surface area contributed by atoms with Crippen molar-refractivity contribution in [3.8, 4) is 0 Å². The lowest BCUT2D eigenvalue weighted by Crippen LogP contribution is -2.26. The molecular weight excluding hydrogens is 218 g/mol. The molecule has 1 heteroatoms. The van der Waals surface area contributed by atoms with E-state index >= 15 is 0 Å². The highest BCUT2D eigenvalue weighted by atomic mass is 14.9. The smallest absolute Gasteiger partial charge is 0.0351 e. The predicted molar refractivity (Wildman–Crippen MR) is 78.9 cm³/mol. The van der Waals surface area contributed by atoms with Crippen molar-refractivity contribution in [2.75, 3.05) is 7.05 Å². The lowest BCUT2D eigenvalue weighted by Gasteiger charge is -2.29. The van der Waals surface area contributed by atoms with Gasteiger partial charge in [0, 0.05) is 6.04 Å². The largest absolute Gasteiger partial charge is 0.313 e. The summed E-state index contributed by atoms with van der Waals surface area (Å²) in [7, 11) is 2.13. The number of nitrogens with one attached hydrogen (secondary N) is 1. The van der Waals surface area contributed by atoms with Crippen molar-refractivity contribution in [3.05, 3.63) is 34.9 Å². The van der Waals surface area contributed by atoms with Crippen molar-refractivity contribution in [3.63, 3.8) is 0 Å². The molecule has 1 nitrogen and oxygen atoms in total. The minimum absolute atomic E-state index is 0.546. The maximum absolute atomic E-state index is 3.60. The Kier molecular flexibility index (Phi) is 4.82. The minimum atomic E-state index is 0.546. The zero-order valence-corrected chi connectivity index (χ0v) is 12.1. The molecule has 0 aliphatic heterocycles. The Labute approximate surface area is 112 Å². The van der Waals surface area contributed by atoms with Gasteiger partial charge in [0.1, 0.15) is 0 Å². The van der Waals surface area contributed by atoms with Crippen LogP contribution in [0.3, 0.4) is 0 Å². The SMILES string of the molecule is CNC(c1c(C)cccc1C)C1CCCCCC1. The first-order valence-electron chi connectivity index (χ1n) is 7.47. The van der Waals surface area contributed by atoms with E-state index < -0.39 is 0 Å². The quantitative estimate of drug-likeness (QED) is 0.771. The molecule has 1 aromatic carbocycles. The van der Waals surface area contributed by atoms with Crippen molar-refractivity contribution in [2.45, 2.75) is 58.4 Å². The van der Waals surface area contributed by atoms with Crippen LogP contribution >= 0.6 is 0 Å². The van der Waals surface area contributed by atoms with Crippen LogP contribution in [-0.2, 0) is 0 Å². The molecule has 1 aliphatic carbocycles. The van der Waals surface area contributed by atoms with Crippen molar-refractivity contribution in [2.24, 2.45) is 5.92 Å². The van der Waals surface area contributed by atoms with E-state index in [0.29, 0.717) is 6.04 Å². The maximum atomic E-state index is 3.60. The molecule has 0 radical (unpaired) electrons. The van der Waals surface area contributed by atoms with Crippen LogP contribution in [-0.4, -0.2) is 7.05 Å². The van der Waals surface area contributed by atoms with Gasteiger partial charge in [-0.05, 0) is 56.3 Å². The van der Waals surface area contributed by atoms with E-state index in [-0.39, 0.29) is 0 Å². The van der Waals surface area contributed by atoms with Crippen molar-refractivity contribution < 1.29 is 0 Å². The first-order valence-corrected chi connectivity index (χ1v) is 7.47. The Morgan fingerprint density at radius 3 is 2.06 bits per heavy atom.